The van der Waals surface area contributed by atoms with E-state index in [1.165, 1.54) is 42.5 Å². The van der Waals surface area contributed by atoms with E-state index in [-0.39, 0.29) is 5.91 Å². The Morgan fingerprint density at radius 2 is 1.71 bits per heavy atom. The van der Waals surface area contributed by atoms with Gasteiger partial charge in [-0.05, 0) is 90.7 Å². The number of benzene rings is 3. The number of hydrogen-bond acceptors (Lipinski definition) is 5. The summed E-state index contributed by atoms with van der Waals surface area (Å²) in [5, 5.41) is 3.14. The van der Waals surface area contributed by atoms with Gasteiger partial charge in [0, 0.05) is 50.4 Å². The first kappa shape index (κ1) is 30.1. The summed E-state index contributed by atoms with van der Waals surface area (Å²) in [6.45, 7) is 11.9. The predicted octanol–water partition coefficient (Wildman–Crippen LogP) is 6.45. The van der Waals surface area contributed by atoms with Gasteiger partial charge < -0.3 is 19.7 Å². The highest BCUT2D eigenvalue weighted by molar-refractivity contribution is 5.94. The third kappa shape index (κ3) is 8.83. The van der Waals surface area contributed by atoms with Crippen LogP contribution in [0.4, 0.5) is 5.69 Å². The molecule has 0 aliphatic carbocycles. The molecule has 224 valence electrons. The number of ether oxygens (including phenoxy) is 2. The maximum absolute atomic E-state index is 13.3. The number of carbonyl (C=O) groups excluding carboxylic acids is 1. The van der Waals surface area contributed by atoms with E-state index in [0.717, 1.165) is 49.6 Å². The monoisotopic (exact) mass is 569 g/mol. The molecule has 0 saturated carbocycles. The van der Waals surface area contributed by atoms with Gasteiger partial charge in [-0.2, -0.15) is 0 Å². The van der Waals surface area contributed by atoms with E-state index in [4.69, 9.17) is 9.47 Å². The first-order valence-corrected chi connectivity index (χ1v) is 15.8. The number of piperidine rings is 1. The fourth-order valence-corrected chi connectivity index (χ4v) is 5.83. The third-order valence-corrected chi connectivity index (χ3v) is 8.26. The molecule has 0 radical (unpaired) electrons. The molecule has 42 heavy (non-hydrogen) atoms. The van der Waals surface area contributed by atoms with Gasteiger partial charge in [-0.1, -0.05) is 50.2 Å². The lowest BCUT2D eigenvalue weighted by atomic mass is 9.99. The second kappa shape index (κ2) is 15.2. The first-order chi connectivity index (χ1) is 20.5. The Morgan fingerprint density at radius 1 is 0.881 bits per heavy atom. The van der Waals surface area contributed by atoms with Crippen molar-refractivity contribution in [1.29, 1.82) is 0 Å². The second-order valence-electron chi connectivity index (χ2n) is 12.1. The topological polar surface area (TPSA) is 54.0 Å². The molecule has 2 aliphatic rings. The fourth-order valence-electron chi connectivity index (χ4n) is 5.83. The van der Waals surface area contributed by atoms with Crippen molar-refractivity contribution < 1.29 is 14.3 Å². The lowest BCUT2D eigenvalue weighted by Gasteiger charge is -2.29. The molecule has 0 unspecified atom stereocenters. The predicted molar refractivity (Wildman–Crippen MR) is 170 cm³/mol. The van der Waals surface area contributed by atoms with Gasteiger partial charge in [-0.15, -0.1) is 0 Å². The Labute approximate surface area is 252 Å². The Hall–Kier alpha value is -3.35. The van der Waals surface area contributed by atoms with Crippen molar-refractivity contribution in [2.45, 2.75) is 59.0 Å². The van der Waals surface area contributed by atoms with Crippen molar-refractivity contribution in [3.63, 3.8) is 0 Å². The Balaban J connectivity index is 1.29. The van der Waals surface area contributed by atoms with Crippen LogP contribution in [-0.4, -0.2) is 56.8 Å². The van der Waals surface area contributed by atoms with E-state index in [1.807, 2.05) is 18.2 Å². The lowest BCUT2D eigenvalue weighted by Crippen LogP contribution is -2.29. The summed E-state index contributed by atoms with van der Waals surface area (Å²) in [7, 11) is 0. The minimum Gasteiger partial charge on any atom is -0.491 e. The van der Waals surface area contributed by atoms with Crippen molar-refractivity contribution in [3.05, 3.63) is 94.5 Å². The molecule has 1 saturated heterocycles. The van der Waals surface area contributed by atoms with Crippen LogP contribution < -0.4 is 15.0 Å². The number of nitrogens with one attached hydrogen (secondary N) is 1. The van der Waals surface area contributed by atoms with E-state index in [0.29, 0.717) is 44.3 Å². The van der Waals surface area contributed by atoms with Crippen LogP contribution >= 0.6 is 0 Å². The molecule has 1 amide bonds. The molecule has 0 spiro atoms. The van der Waals surface area contributed by atoms with Gasteiger partial charge in [0.25, 0.3) is 5.91 Å². The molecule has 6 nitrogen and oxygen atoms in total. The lowest BCUT2D eigenvalue weighted by molar-refractivity contribution is 0.0764. The average Bonchev–Trinajstić information content (AvgIpc) is 3.01. The average molecular weight is 570 g/mol. The summed E-state index contributed by atoms with van der Waals surface area (Å²) in [4.78, 5) is 18.2. The van der Waals surface area contributed by atoms with Crippen LogP contribution in [0.3, 0.4) is 0 Å². The van der Waals surface area contributed by atoms with Crippen molar-refractivity contribution in [3.8, 4) is 5.75 Å². The van der Waals surface area contributed by atoms with Gasteiger partial charge in [-0.25, -0.2) is 0 Å². The van der Waals surface area contributed by atoms with Gasteiger partial charge in [0.15, 0.2) is 0 Å². The molecule has 2 aliphatic heterocycles. The van der Waals surface area contributed by atoms with Gasteiger partial charge in [0.05, 0.1) is 13.2 Å². The number of carbonyl (C=O) groups is 1. The number of hydrogen-bond donors (Lipinski definition) is 1. The largest absolute Gasteiger partial charge is 0.491 e. The maximum atomic E-state index is 13.3. The number of rotatable bonds is 7. The van der Waals surface area contributed by atoms with Gasteiger partial charge in [-0.3, -0.25) is 9.69 Å². The fraction of sp³-hybridized carbons (Fsp3) is 0.472. The summed E-state index contributed by atoms with van der Waals surface area (Å²) in [5.41, 5.74) is 6.56. The zero-order valence-corrected chi connectivity index (χ0v) is 25.4. The molecule has 1 N–H and O–H groups in total. The molecule has 2 heterocycles. The second-order valence-corrected chi connectivity index (χ2v) is 12.1. The minimum atomic E-state index is -0.0709. The first-order valence-electron chi connectivity index (χ1n) is 15.8. The van der Waals surface area contributed by atoms with Crippen molar-refractivity contribution in [2.75, 3.05) is 50.9 Å². The van der Waals surface area contributed by atoms with Crippen molar-refractivity contribution in [1.82, 2.24) is 10.2 Å². The Kier molecular flexibility index (Phi) is 10.9. The number of anilines is 1. The van der Waals surface area contributed by atoms with E-state index < -0.39 is 0 Å². The van der Waals surface area contributed by atoms with Crippen LogP contribution in [0.15, 0.2) is 66.7 Å². The molecule has 0 atom stereocenters. The van der Waals surface area contributed by atoms with Crippen molar-refractivity contribution in [2.24, 2.45) is 5.92 Å². The van der Waals surface area contributed by atoms with Crippen molar-refractivity contribution >= 4 is 11.6 Å². The molecule has 3 aromatic rings. The summed E-state index contributed by atoms with van der Waals surface area (Å²) in [5.74, 6) is 1.41. The van der Waals surface area contributed by atoms with Crippen LogP contribution in [0.5, 0.6) is 5.75 Å². The Bertz CT molecular complexity index is 1300. The molecular formula is C36H47N3O3. The molecular weight excluding hydrogens is 522 g/mol. The van der Waals surface area contributed by atoms with Crippen LogP contribution in [0.25, 0.3) is 0 Å². The third-order valence-electron chi connectivity index (χ3n) is 8.26. The summed E-state index contributed by atoms with van der Waals surface area (Å²) >= 11 is 0. The van der Waals surface area contributed by atoms with Gasteiger partial charge in [0.2, 0.25) is 0 Å². The zero-order valence-electron chi connectivity index (χ0n) is 25.4. The highest BCUT2D eigenvalue weighted by Crippen LogP contribution is 2.25. The minimum absolute atomic E-state index is 0.0709. The molecule has 5 rings (SSSR count). The summed E-state index contributed by atoms with van der Waals surface area (Å²) < 4.78 is 12.1. The van der Waals surface area contributed by atoms with Crippen LogP contribution in [0.2, 0.25) is 0 Å². The van der Waals surface area contributed by atoms with Gasteiger partial charge in [0.1, 0.15) is 12.4 Å². The summed E-state index contributed by atoms with van der Waals surface area (Å²) in [6, 6.07) is 23.2. The SMILES string of the molecule is CC(C)CCN1CCOCCOc2ccc(C(=O)NCc3cccc(N4CCCCC4)c3)cc2Cc2cccc(c2)C1. The van der Waals surface area contributed by atoms with Gasteiger partial charge >= 0.3 is 0 Å². The summed E-state index contributed by atoms with van der Waals surface area (Å²) in [6.07, 6.45) is 5.68. The Morgan fingerprint density at radius 3 is 2.57 bits per heavy atom. The normalized spacial score (nSPS) is 16.8. The molecule has 3 aromatic carbocycles. The standard InChI is InChI=1S/C36H47N3O3/c1-28(2)14-17-38-18-19-41-20-21-42-35-13-12-32(25-33(35)23-29-8-6-10-31(22-29)27-38)36(40)37-26-30-9-7-11-34(24-30)39-15-4-3-5-16-39/h6-13,22,24-25,28H,3-5,14-21,23,26-27H2,1-2H3,(H,37,40). The molecule has 6 heteroatoms. The smallest absolute Gasteiger partial charge is 0.251 e. The van der Waals surface area contributed by atoms with E-state index in [1.54, 1.807) is 0 Å². The molecule has 0 aromatic heterocycles. The quantitative estimate of drug-likeness (QED) is 0.354. The van der Waals surface area contributed by atoms with Crippen LogP contribution in [-0.2, 0) is 24.2 Å². The number of fused-ring (bicyclic) bond motifs is 3. The van der Waals surface area contributed by atoms with Crippen LogP contribution in [0.1, 0.15) is 72.1 Å². The molecule has 1 fully saturated rings. The van der Waals surface area contributed by atoms with E-state index in [2.05, 4.69) is 77.5 Å². The van der Waals surface area contributed by atoms with Crippen LogP contribution in [0, 0.1) is 5.92 Å². The zero-order chi connectivity index (χ0) is 29.1. The number of nitrogens with zero attached hydrogens (tertiary/aromatic N) is 2. The number of amides is 1. The highest BCUT2D eigenvalue weighted by atomic mass is 16.5. The van der Waals surface area contributed by atoms with E-state index in [9.17, 15) is 4.79 Å². The maximum Gasteiger partial charge on any atom is 0.251 e. The highest BCUT2D eigenvalue weighted by Gasteiger charge is 2.15. The van der Waals surface area contributed by atoms with E-state index >= 15 is 0 Å². The molecule has 2 bridgehead atoms.